The fourth-order valence-electron chi connectivity index (χ4n) is 11.0. The largest absolute Gasteiger partial charge is 0.454 e. The standard InChI is InChI=1S/C64H60N2O2S2/c1-39(2)53-37-57(65(41-25-29-43(30-26-41)69(5,6)7)55-21-15-19-49-45-17-11-13-23-59(45)67-63(49)55)51-36-34-48-54(40(3)4)38-58(52-35-33-47(53)61(51)62(48)52)66(42-27-31-44(32-28-42)70(8,9)10)56-22-16-20-50-46-18-12-14-24-60(46)68-64(50)56/h11-40H,1-10H3. The van der Waals surface area contributed by atoms with Gasteiger partial charge in [0.1, 0.15) is 11.2 Å². The lowest BCUT2D eigenvalue weighted by Gasteiger charge is -2.32. The summed E-state index contributed by atoms with van der Waals surface area (Å²) in [6.07, 6.45) is 14.2. The molecule has 0 aliphatic carbocycles. The first kappa shape index (κ1) is 44.4. The van der Waals surface area contributed by atoms with Crippen LogP contribution in [-0.4, -0.2) is 37.5 Å². The predicted molar refractivity (Wildman–Crippen MR) is 310 cm³/mol. The second-order valence-corrected chi connectivity index (χ2v) is 29.5. The van der Waals surface area contributed by atoms with Gasteiger partial charge in [-0.2, -0.15) is 0 Å². The molecule has 0 bridgehead atoms. The van der Waals surface area contributed by atoms with E-state index in [4.69, 9.17) is 8.83 Å². The van der Waals surface area contributed by atoms with Gasteiger partial charge in [-0.05, 0) is 177 Å². The van der Waals surface area contributed by atoms with Gasteiger partial charge < -0.3 is 18.6 Å². The van der Waals surface area contributed by atoms with Crippen molar-refractivity contribution in [2.45, 2.75) is 49.3 Å². The molecule has 0 amide bonds. The van der Waals surface area contributed by atoms with Crippen molar-refractivity contribution in [1.29, 1.82) is 0 Å². The molecule has 2 heterocycles. The Bertz CT molecular complexity index is 3720. The van der Waals surface area contributed by atoms with Crippen LogP contribution in [0.3, 0.4) is 0 Å². The molecule has 12 aromatic rings. The van der Waals surface area contributed by atoms with Crippen LogP contribution in [0.15, 0.2) is 188 Å². The van der Waals surface area contributed by atoms with Gasteiger partial charge in [-0.15, -0.1) is 0 Å². The number of benzene rings is 10. The van der Waals surface area contributed by atoms with E-state index in [1.165, 1.54) is 53.2 Å². The summed E-state index contributed by atoms with van der Waals surface area (Å²) in [4.78, 5) is 7.70. The van der Waals surface area contributed by atoms with Gasteiger partial charge in [0.15, 0.2) is 11.2 Å². The maximum atomic E-state index is 6.88. The summed E-state index contributed by atoms with van der Waals surface area (Å²) < 4.78 is 13.8. The summed E-state index contributed by atoms with van der Waals surface area (Å²) in [5.74, 6) is 0.488. The molecule has 0 aliphatic rings. The monoisotopic (exact) mass is 952 g/mol. The van der Waals surface area contributed by atoms with Crippen LogP contribution in [-0.2, 0) is 0 Å². The van der Waals surface area contributed by atoms with Crippen LogP contribution in [0, 0.1) is 0 Å². The minimum atomic E-state index is -0.951. The predicted octanol–water partition coefficient (Wildman–Crippen LogP) is 19.7. The number of rotatable bonds is 10. The van der Waals surface area contributed by atoms with E-state index >= 15 is 0 Å². The fraction of sp³-hybridized carbons (Fsp3) is 0.188. The van der Waals surface area contributed by atoms with Crippen molar-refractivity contribution in [2.75, 3.05) is 47.3 Å². The highest BCUT2D eigenvalue weighted by Crippen LogP contribution is 2.54. The molecule has 70 heavy (non-hydrogen) atoms. The van der Waals surface area contributed by atoms with E-state index in [-0.39, 0.29) is 11.8 Å². The maximum Gasteiger partial charge on any atom is 0.159 e. The normalized spacial score (nSPS) is 13.1. The van der Waals surface area contributed by atoms with Crippen molar-refractivity contribution in [3.63, 3.8) is 0 Å². The number of nitrogens with zero attached hydrogens (tertiary/aromatic N) is 2. The summed E-state index contributed by atoms with van der Waals surface area (Å²) >= 11 is 0. The highest BCUT2D eigenvalue weighted by molar-refractivity contribution is 8.32. The van der Waals surface area contributed by atoms with Crippen molar-refractivity contribution >= 4 is 130 Å². The number of para-hydroxylation sites is 4. The molecule has 6 heteroatoms. The topological polar surface area (TPSA) is 32.8 Å². The van der Waals surface area contributed by atoms with Gasteiger partial charge >= 0.3 is 0 Å². The zero-order valence-corrected chi connectivity index (χ0v) is 43.5. The number of anilines is 6. The molecule has 0 saturated heterocycles. The van der Waals surface area contributed by atoms with Crippen LogP contribution >= 0.6 is 20.1 Å². The van der Waals surface area contributed by atoms with Crippen molar-refractivity contribution < 1.29 is 8.83 Å². The summed E-state index contributed by atoms with van der Waals surface area (Å²) in [5, 5.41) is 12.0. The Balaban J connectivity index is 1.20. The van der Waals surface area contributed by atoms with Crippen molar-refractivity contribution in [1.82, 2.24) is 0 Å². The van der Waals surface area contributed by atoms with Crippen LogP contribution in [0.2, 0.25) is 0 Å². The molecule has 0 radical (unpaired) electrons. The smallest absolute Gasteiger partial charge is 0.159 e. The first-order chi connectivity index (χ1) is 33.7. The van der Waals surface area contributed by atoms with E-state index in [2.05, 4.69) is 245 Å². The Hall–Kier alpha value is -6.86. The van der Waals surface area contributed by atoms with Gasteiger partial charge in [0.05, 0.1) is 22.7 Å². The molecule has 0 unspecified atom stereocenters. The minimum Gasteiger partial charge on any atom is -0.454 e. The first-order valence-electron chi connectivity index (χ1n) is 24.4. The van der Waals surface area contributed by atoms with Gasteiger partial charge in [0.2, 0.25) is 0 Å². The Kier molecular flexibility index (Phi) is 10.4. The Labute approximate surface area is 414 Å². The average Bonchev–Trinajstić information content (AvgIpc) is 3.93. The Morgan fingerprint density at radius 1 is 0.343 bits per heavy atom. The number of furan rings is 2. The maximum absolute atomic E-state index is 6.88. The molecular weight excluding hydrogens is 893 g/mol. The van der Waals surface area contributed by atoms with E-state index in [0.29, 0.717) is 0 Å². The minimum absolute atomic E-state index is 0.244. The van der Waals surface area contributed by atoms with Gasteiger partial charge in [0, 0.05) is 43.7 Å². The Morgan fingerprint density at radius 2 is 0.700 bits per heavy atom. The molecule has 0 spiro atoms. The van der Waals surface area contributed by atoms with Gasteiger partial charge in [-0.25, -0.2) is 20.1 Å². The SMILES string of the molecule is CC(C)c1cc(N(c2ccc(S(C)(C)C)cc2)c2cccc3c2oc2ccccc23)c2ccc3c(C(C)C)cc(N(c4ccc(S(C)(C)C)cc4)c4cccc5c4oc4ccccc45)c4ccc1c2c34. The summed E-state index contributed by atoms with van der Waals surface area (Å²) in [6, 6.07) is 63.2. The van der Waals surface area contributed by atoms with E-state index in [1.807, 2.05) is 0 Å². The molecule has 0 aliphatic heterocycles. The van der Waals surface area contributed by atoms with E-state index in [1.54, 1.807) is 0 Å². The highest BCUT2D eigenvalue weighted by Gasteiger charge is 2.29. The molecule has 0 atom stereocenters. The summed E-state index contributed by atoms with van der Waals surface area (Å²) in [6.45, 7) is 9.35. The molecule has 0 N–H and O–H groups in total. The number of hydrogen-bond acceptors (Lipinski definition) is 4. The number of hydrogen-bond donors (Lipinski definition) is 0. The lowest BCUT2D eigenvalue weighted by atomic mass is 9.84. The van der Waals surface area contributed by atoms with E-state index in [9.17, 15) is 0 Å². The van der Waals surface area contributed by atoms with Crippen molar-refractivity contribution in [3.05, 3.63) is 181 Å². The second-order valence-electron chi connectivity index (χ2n) is 21.2. The molecule has 2 aromatic heterocycles. The quantitative estimate of drug-likeness (QED) is 0.128. The van der Waals surface area contributed by atoms with Crippen LogP contribution in [0.4, 0.5) is 34.1 Å². The third kappa shape index (κ3) is 7.05. The second kappa shape index (κ2) is 16.4. The zero-order valence-electron chi connectivity index (χ0n) is 41.8. The van der Waals surface area contributed by atoms with E-state index < -0.39 is 20.1 Å². The molecule has 0 fully saturated rings. The van der Waals surface area contributed by atoms with Crippen LogP contribution < -0.4 is 9.80 Å². The lowest BCUT2D eigenvalue weighted by Crippen LogP contribution is -2.13. The van der Waals surface area contributed by atoms with Crippen LogP contribution in [0.5, 0.6) is 0 Å². The van der Waals surface area contributed by atoms with Gasteiger partial charge in [-0.1, -0.05) is 113 Å². The molecular formula is C64H60N2O2S2. The fourth-order valence-corrected chi connectivity index (χ4v) is 12.9. The first-order valence-corrected chi connectivity index (χ1v) is 30.1. The van der Waals surface area contributed by atoms with Crippen LogP contribution in [0.25, 0.3) is 76.2 Å². The van der Waals surface area contributed by atoms with E-state index in [0.717, 1.165) is 78.0 Å². The summed E-state index contributed by atoms with van der Waals surface area (Å²) in [7, 11) is -1.90. The lowest BCUT2D eigenvalue weighted by molar-refractivity contribution is 0.668. The zero-order chi connectivity index (χ0) is 48.4. The third-order valence-electron chi connectivity index (χ3n) is 14.5. The van der Waals surface area contributed by atoms with Gasteiger partial charge in [-0.3, -0.25) is 0 Å². The average molecular weight is 953 g/mol. The number of fused-ring (bicyclic) bond motifs is 6. The molecule has 350 valence electrons. The van der Waals surface area contributed by atoms with Gasteiger partial charge in [0.25, 0.3) is 0 Å². The molecule has 0 saturated carbocycles. The molecule has 10 aromatic carbocycles. The molecule has 12 rings (SSSR count). The summed E-state index contributed by atoms with van der Waals surface area (Å²) in [5.41, 5.74) is 12.7. The van der Waals surface area contributed by atoms with Crippen molar-refractivity contribution in [2.24, 2.45) is 0 Å². The third-order valence-corrected chi connectivity index (χ3v) is 17.9. The molecule has 4 nitrogen and oxygen atoms in total. The van der Waals surface area contributed by atoms with Crippen LogP contribution in [0.1, 0.15) is 50.7 Å². The highest BCUT2D eigenvalue weighted by atomic mass is 32.3. The van der Waals surface area contributed by atoms with Crippen molar-refractivity contribution in [3.8, 4) is 0 Å². The Morgan fingerprint density at radius 3 is 1.07 bits per heavy atom.